The first kappa shape index (κ1) is 24.1. The molecule has 9 heteroatoms. The molecule has 0 aliphatic heterocycles. The van der Waals surface area contributed by atoms with Crippen LogP contribution >= 0.6 is 11.8 Å². The Morgan fingerprint density at radius 3 is 2.57 bits per heavy atom. The van der Waals surface area contributed by atoms with Crippen molar-refractivity contribution in [3.05, 3.63) is 94.3 Å². The summed E-state index contributed by atoms with van der Waals surface area (Å²) in [6, 6.07) is 19.0. The lowest BCUT2D eigenvalue weighted by atomic mass is 10.2. The number of rotatable bonds is 7. The minimum atomic E-state index is -0.584. The molecule has 1 heterocycles. The number of aryl methyl sites for hydroxylation is 1. The fraction of sp³-hybridized carbons (Fsp3) is 0.154. The topological polar surface area (TPSA) is 79.0 Å². The first-order valence-corrected chi connectivity index (χ1v) is 11.7. The number of carbonyl (C=O) groups excluding carboxylic acids is 1. The summed E-state index contributed by atoms with van der Waals surface area (Å²) in [6.45, 7) is 1.63. The Labute approximate surface area is 204 Å². The van der Waals surface area contributed by atoms with Crippen LogP contribution in [0.4, 0.5) is 14.5 Å². The van der Waals surface area contributed by atoms with E-state index in [-0.39, 0.29) is 35.2 Å². The lowest BCUT2D eigenvalue weighted by Crippen LogP contribution is -2.34. The molecule has 3 aromatic carbocycles. The van der Waals surface area contributed by atoms with Crippen molar-refractivity contribution in [2.75, 3.05) is 17.2 Å². The monoisotopic (exact) mass is 490 g/mol. The number of fused-ring (bicyclic) bond motifs is 1. The molecule has 0 bridgehead atoms. The molecule has 6 nitrogen and oxygen atoms in total. The van der Waals surface area contributed by atoms with Gasteiger partial charge in [0.1, 0.15) is 11.6 Å². The van der Waals surface area contributed by atoms with Gasteiger partial charge in [-0.2, -0.15) is 5.26 Å². The third-order valence-corrected chi connectivity index (χ3v) is 6.30. The summed E-state index contributed by atoms with van der Waals surface area (Å²) in [5.41, 5.74) is 0.813. The number of carbonyl (C=O) groups is 1. The van der Waals surface area contributed by atoms with Crippen molar-refractivity contribution in [2.45, 2.75) is 18.5 Å². The third-order valence-electron chi connectivity index (χ3n) is 5.37. The molecular formula is C26H20F2N4O2S. The van der Waals surface area contributed by atoms with Crippen molar-refractivity contribution in [1.29, 1.82) is 5.26 Å². The van der Waals surface area contributed by atoms with Gasteiger partial charge in [-0.15, -0.1) is 0 Å². The first-order valence-electron chi connectivity index (χ1n) is 10.7. The number of halogens is 2. The highest BCUT2D eigenvalue weighted by Crippen LogP contribution is 2.25. The van der Waals surface area contributed by atoms with Gasteiger partial charge in [0, 0.05) is 6.54 Å². The van der Waals surface area contributed by atoms with Crippen LogP contribution in [0.5, 0.6) is 0 Å². The minimum absolute atomic E-state index is 0.0119. The molecule has 0 saturated carbocycles. The van der Waals surface area contributed by atoms with Gasteiger partial charge in [0.25, 0.3) is 5.56 Å². The van der Waals surface area contributed by atoms with Crippen LogP contribution in [0.1, 0.15) is 12.0 Å². The highest BCUT2D eigenvalue weighted by molar-refractivity contribution is 7.99. The van der Waals surface area contributed by atoms with Crippen LogP contribution in [0.2, 0.25) is 0 Å². The maximum absolute atomic E-state index is 14.4. The summed E-state index contributed by atoms with van der Waals surface area (Å²) < 4.78 is 30.0. The highest BCUT2D eigenvalue weighted by atomic mass is 32.2. The van der Waals surface area contributed by atoms with E-state index in [1.54, 1.807) is 49.4 Å². The van der Waals surface area contributed by atoms with E-state index in [4.69, 9.17) is 5.26 Å². The largest absolute Gasteiger partial charge is 0.308 e. The Balaban J connectivity index is 1.73. The van der Waals surface area contributed by atoms with Gasteiger partial charge in [0.2, 0.25) is 5.91 Å². The molecule has 0 fully saturated rings. The minimum Gasteiger partial charge on any atom is -0.308 e. The smallest absolute Gasteiger partial charge is 0.266 e. The molecule has 0 aliphatic rings. The van der Waals surface area contributed by atoms with Crippen LogP contribution in [0, 0.1) is 29.9 Å². The van der Waals surface area contributed by atoms with E-state index in [0.29, 0.717) is 16.5 Å². The van der Waals surface area contributed by atoms with Gasteiger partial charge in [-0.3, -0.25) is 14.2 Å². The zero-order valence-electron chi connectivity index (χ0n) is 18.7. The Hall–Kier alpha value is -4.03. The van der Waals surface area contributed by atoms with Gasteiger partial charge in [-0.25, -0.2) is 13.8 Å². The molecule has 1 aromatic heterocycles. The predicted molar refractivity (Wildman–Crippen MR) is 132 cm³/mol. The van der Waals surface area contributed by atoms with Gasteiger partial charge in [-0.1, -0.05) is 42.1 Å². The summed E-state index contributed by atoms with van der Waals surface area (Å²) in [6.07, 6.45) is 0.0202. The average molecular weight is 491 g/mol. The Morgan fingerprint density at radius 1 is 1.09 bits per heavy atom. The third kappa shape index (κ3) is 5.08. The summed E-state index contributed by atoms with van der Waals surface area (Å²) in [7, 11) is 0. The number of thioether (sulfide) groups is 1. The second-order valence-electron chi connectivity index (χ2n) is 7.68. The standard InChI is InChI=1S/C26H20F2N4O2S/c1-17-11-12-18(15-21(17)28)32-25(34)19-7-2-4-9-22(19)30-26(32)35-16-24(33)31(14-6-13-29)23-10-5-3-8-20(23)27/h2-5,7-12,15H,6,14,16H2,1H3. The molecule has 0 spiro atoms. The fourth-order valence-electron chi connectivity index (χ4n) is 3.57. The van der Waals surface area contributed by atoms with Crippen molar-refractivity contribution < 1.29 is 13.6 Å². The Kier molecular flexibility index (Phi) is 7.22. The Bertz CT molecular complexity index is 1510. The zero-order valence-corrected chi connectivity index (χ0v) is 19.6. The quantitative estimate of drug-likeness (QED) is 0.269. The number of aromatic nitrogens is 2. The normalized spacial score (nSPS) is 10.8. The number of nitriles is 1. The van der Waals surface area contributed by atoms with Gasteiger partial charge in [-0.05, 0) is 48.9 Å². The molecule has 0 unspecified atom stereocenters. The van der Waals surface area contributed by atoms with Crippen LogP contribution in [-0.2, 0) is 4.79 Å². The molecular weight excluding hydrogens is 470 g/mol. The summed E-state index contributed by atoms with van der Waals surface area (Å²) in [5.74, 6) is -1.70. The molecule has 4 rings (SSSR count). The first-order chi connectivity index (χ1) is 16.9. The highest BCUT2D eigenvalue weighted by Gasteiger charge is 2.21. The fourth-order valence-corrected chi connectivity index (χ4v) is 4.46. The predicted octanol–water partition coefficient (Wildman–Crippen LogP) is 5.01. The number of amides is 1. The number of anilines is 1. The number of nitrogens with zero attached hydrogens (tertiary/aromatic N) is 4. The van der Waals surface area contributed by atoms with Gasteiger partial charge in [0.15, 0.2) is 5.16 Å². The maximum atomic E-state index is 14.4. The zero-order chi connectivity index (χ0) is 24.9. The summed E-state index contributed by atoms with van der Waals surface area (Å²) in [4.78, 5) is 32.2. The van der Waals surface area contributed by atoms with E-state index in [0.717, 1.165) is 11.8 Å². The van der Waals surface area contributed by atoms with Crippen LogP contribution in [0.3, 0.4) is 0 Å². The van der Waals surface area contributed by atoms with Crippen molar-refractivity contribution in [1.82, 2.24) is 9.55 Å². The van der Waals surface area contributed by atoms with E-state index in [1.807, 2.05) is 6.07 Å². The van der Waals surface area contributed by atoms with Gasteiger partial charge >= 0.3 is 0 Å². The molecule has 0 atom stereocenters. The SMILES string of the molecule is Cc1ccc(-n2c(SCC(=O)N(CCC#N)c3ccccc3F)nc3ccccc3c2=O)cc1F. The van der Waals surface area contributed by atoms with E-state index >= 15 is 0 Å². The number of para-hydroxylation sites is 2. The summed E-state index contributed by atoms with van der Waals surface area (Å²) in [5, 5.41) is 9.54. The molecule has 1 amide bonds. The van der Waals surface area contributed by atoms with E-state index in [1.165, 1.54) is 33.7 Å². The Morgan fingerprint density at radius 2 is 1.83 bits per heavy atom. The number of hydrogen-bond donors (Lipinski definition) is 0. The van der Waals surface area contributed by atoms with Crippen LogP contribution in [0.15, 0.2) is 76.7 Å². The molecule has 0 radical (unpaired) electrons. The molecule has 0 N–H and O–H groups in total. The molecule has 35 heavy (non-hydrogen) atoms. The van der Waals surface area contributed by atoms with Crippen LogP contribution < -0.4 is 10.5 Å². The molecule has 0 aliphatic carbocycles. The van der Waals surface area contributed by atoms with E-state index < -0.39 is 23.1 Å². The average Bonchev–Trinajstić information content (AvgIpc) is 2.86. The van der Waals surface area contributed by atoms with E-state index in [2.05, 4.69) is 4.98 Å². The van der Waals surface area contributed by atoms with E-state index in [9.17, 15) is 18.4 Å². The van der Waals surface area contributed by atoms with Crippen molar-refractivity contribution in [3.63, 3.8) is 0 Å². The van der Waals surface area contributed by atoms with Crippen LogP contribution in [-0.4, -0.2) is 27.8 Å². The molecule has 0 saturated heterocycles. The molecule has 4 aromatic rings. The molecule has 176 valence electrons. The summed E-state index contributed by atoms with van der Waals surface area (Å²) >= 11 is 0.984. The lowest BCUT2D eigenvalue weighted by molar-refractivity contribution is -0.116. The maximum Gasteiger partial charge on any atom is 0.266 e. The van der Waals surface area contributed by atoms with Crippen LogP contribution in [0.25, 0.3) is 16.6 Å². The lowest BCUT2D eigenvalue weighted by Gasteiger charge is -2.22. The van der Waals surface area contributed by atoms with Gasteiger partial charge in [0.05, 0.1) is 40.5 Å². The second kappa shape index (κ2) is 10.5. The van der Waals surface area contributed by atoms with Gasteiger partial charge < -0.3 is 4.90 Å². The second-order valence-corrected chi connectivity index (χ2v) is 8.62. The van der Waals surface area contributed by atoms with Crippen molar-refractivity contribution in [3.8, 4) is 11.8 Å². The van der Waals surface area contributed by atoms with Crippen molar-refractivity contribution >= 4 is 34.3 Å². The number of hydrogen-bond acceptors (Lipinski definition) is 5. The number of benzene rings is 3. The van der Waals surface area contributed by atoms with Crippen molar-refractivity contribution in [2.24, 2.45) is 0 Å².